The Kier molecular flexibility index (Phi) is 3.90. The van der Waals surface area contributed by atoms with E-state index in [1.807, 2.05) is 0 Å². The van der Waals surface area contributed by atoms with Crippen molar-refractivity contribution < 1.29 is 14.8 Å². The second-order valence-corrected chi connectivity index (χ2v) is 4.05. The fourth-order valence-corrected chi connectivity index (χ4v) is 1.90. The Labute approximate surface area is 107 Å². The molecule has 1 aliphatic heterocycles. The molecule has 18 heavy (non-hydrogen) atoms. The Balaban J connectivity index is 2.41. The van der Waals surface area contributed by atoms with E-state index in [9.17, 15) is 15.2 Å². The molecule has 2 rings (SSSR count). The average Bonchev–Trinajstić information content (AvgIpc) is 2.38. The molecule has 0 aromatic carbocycles. The molecule has 9 heteroatoms. The second-order valence-electron chi connectivity index (χ2n) is 3.71. The van der Waals surface area contributed by atoms with Gasteiger partial charge in [-0.25, -0.2) is 4.98 Å². The highest BCUT2D eigenvalue weighted by Crippen LogP contribution is 2.28. The van der Waals surface area contributed by atoms with Crippen molar-refractivity contribution in [3.05, 3.63) is 21.6 Å². The largest absolute Gasteiger partial charge is 0.394 e. The molecule has 1 N–H and O–H groups in total. The third-order valence-corrected chi connectivity index (χ3v) is 2.81. The van der Waals surface area contributed by atoms with Crippen LogP contribution in [0.4, 0.5) is 11.5 Å². The zero-order chi connectivity index (χ0) is 13.1. The zero-order valence-corrected chi connectivity index (χ0v) is 10.1. The molecular weight excluding hydrogens is 264 g/mol. The summed E-state index contributed by atoms with van der Waals surface area (Å²) in [6.45, 7) is 0.919. The van der Waals surface area contributed by atoms with E-state index in [-0.39, 0.29) is 36.0 Å². The number of ether oxygens (including phenoxy) is 1. The summed E-state index contributed by atoms with van der Waals surface area (Å²) >= 11 is 5.67. The van der Waals surface area contributed by atoms with Crippen LogP contribution in [0.3, 0.4) is 0 Å². The van der Waals surface area contributed by atoms with Gasteiger partial charge in [0.05, 0.1) is 30.8 Å². The predicted molar refractivity (Wildman–Crippen MR) is 62.7 cm³/mol. The van der Waals surface area contributed by atoms with Gasteiger partial charge in [0.1, 0.15) is 6.20 Å². The molecule has 1 atom stereocenters. The number of nitro groups is 1. The lowest BCUT2D eigenvalue weighted by Gasteiger charge is -2.34. The minimum absolute atomic E-state index is 0.0706. The molecule has 1 aromatic rings. The van der Waals surface area contributed by atoms with Gasteiger partial charge in [0.15, 0.2) is 0 Å². The summed E-state index contributed by atoms with van der Waals surface area (Å²) in [5.74, 6) is 0.113. The summed E-state index contributed by atoms with van der Waals surface area (Å²) in [5, 5.41) is 20.1. The van der Waals surface area contributed by atoms with Crippen molar-refractivity contribution in [3.8, 4) is 0 Å². The van der Waals surface area contributed by atoms with Crippen LogP contribution < -0.4 is 4.90 Å². The number of nitrogens with zero attached hydrogens (tertiary/aromatic N) is 4. The van der Waals surface area contributed by atoms with Gasteiger partial charge in [-0.2, -0.15) is 4.98 Å². The Morgan fingerprint density at radius 3 is 3.17 bits per heavy atom. The van der Waals surface area contributed by atoms with E-state index in [4.69, 9.17) is 16.3 Å². The summed E-state index contributed by atoms with van der Waals surface area (Å²) in [6, 6.07) is -0.372. The smallest absolute Gasteiger partial charge is 0.329 e. The van der Waals surface area contributed by atoms with E-state index in [1.165, 1.54) is 0 Å². The maximum atomic E-state index is 10.9. The van der Waals surface area contributed by atoms with E-state index in [0.29, 0.717) is 13.2 Å². The van der Waals surface area contributed by atoms with Crippen LogP contribution in [0.5, 0.6) is 0 Å². The van der Waals surface area contributed by atoms with Crippen LogP contribution in [0, 0.1) is 10.1 Å². The normalized spacial score (nSPS) is 19.9. The van der Waals surface area contributed by atoms with Gasteiger partial charge in [-0.05, 0) is 11.6 Å². The molecule has 0 amide bonds. The van der Waals surface area contributed by atoms with Gasteiger partial charge in [-0.15, -0.1) is 0 Å². The highest BCUT2D eigenvalue weighted by molar-refractivity contribution is 6.28. The van der Waals surface area contributed by atoms with Crippen LogP contribution in [-0.4, -0.2) is 52.4 Å². The predicted octanol–water partition coefficient (Wildman–Crippen LogP) is 0.236. The SMILES string of the molecule is O=[N+]([O-])c1cnc(Cl)nc1N1CCOCC1CO. The van der Waals surface area contributed by atoms with Crippen LogP contribution in [-0.2, 0) is 4.74 Å². The monoisotopic (exact) mass is 274 g/mol. The summed E-state index contributed by atoms with van der Waals surface area (Å²) in [4.78, 5) is 19.5. The molecule has 0 spiro atoms. The van der Waals surface area contributed by atoms with Gasteiger partial charge < -0.3 is 14.7 Å². The molecule has 1 saturated heterocycles. The lowest BCUT2D eigenvalue weighted by atomic mass is 10.2. The molecule has 98 valence electrons. The van der Waals surface area contributed by atoms with Crippen molar-refractivity contribution in [1.82, 2.24) is 9.97 Å². The maximum Gasteiger partial charge on any atom is 0.329 e. The van der Waals surface area contributed by atoms with Crippen LogP contribution in [0.15, 0.2) is 6.20 Å². The minimum Gasteiger partial charge on any atom is -0.394 e. The van der Waals surface area contributed by atoms with E-state index in [0.717, 1.165) is 6.20 Å². The molecule has 8 nitrogen and oxygen atoms in total. The van der Waals surface area contributed by atoms with Crippen molar-refractivity contribution in [2.45, 2.75) is 6.04 Å². The number of hydrogen-bond acceptors (Lipinski definition) is 7. The van der Waals surface area contributed by atoms with Gasteiger partial charge in [-0.1, -0.05) is 0 Å². The molecule has 0 aliphatic carbocycles. The third-order valence-electron chi connectivity index (χ3n) is 2.63. The van der Waals surface area contributed by atoms with E-state index in [2.05, 4.69) is 9.97 Å². The maximum absolute atomic E-state index is 10.9. The topological polar surface area (TPSA) is 102 Å². The molecule has 0 bridgehead atoms. The first-order chi connectivity index (χ1) is 8.63. The highest BCUT2D eigenvalue weighted by Gasteiger charge is 2.30. The summed E-state index contributed by atoms with van der Waals surface area (Å²) in [6.07, 6.45) is 1.06. The summed E-state index contributed by atoms with van der Waals surface area (Å²) < 4.78 is 5.21. The zero-order valence-electron chi connectivity index (χ0n) is 9.32. The van der Waals surface area contributed by atoms with Gasteiger partial charge in [-0.3, -0.25) is 10.1 Å². The molecule has 1 aromatic heterocycles. The minimum atomic E-state index is -0.574. The third kappa shape index (κ3) is 2.50. The van der Waals surface area contributed by atoms with E-state index < -0.39 is 4.92 Å². The van der Waals surface area contributed by atoms with Crippen molar-refractivity contribution >= 4 is 23.1 Å². The van der Waals surface area contributed by atoms with Crippen LogP contribution in [0.2, 0.25) is 5.28 Å². The van der Waals surface area contributed by atoms with Gasteiger partial charge in [0.25, 0.3) is 0 Å². The fraction of sp³-hybridized carbons (Fsp3) is 0.556. The fourth-order valence-electron chi connectivity index (χ4n) is 1.77. The van der Waals surface area contributed by atoms with Crippen LogP contribution >= 0.6 is 11.6 Å². The second kappa shape index (κ2) is 5.42. The van der Waals surface area contributed by atoms with Gasteiger partial charge in [0.2, 0.25) is 11.1 Å². The first-order valence-electron chi connectivity index (χ1n) is 5.25. The molecule has 1 unspecified atom stereocenters. The Hall–Kier alpha value is -1.51. The lowest BCUT2D eigenvalue weighted by Crippen LogP contribution is -2.48. The number of halogens is 1. The number of aliphatic hydroxyl groups is 1. The van der Waals surface area contributed by atoms with Crippen LogP contribution in [0.1, 0.15) is 0 Å². The molecule has 0 saturated carbocycles. The first kappa shape index (κ1) is 12.9. The number of aliphatic hydroxyl groups excluding tert-OH is 1. The highest BCUT2D eigenvalue weighted by atomic mass is 35.5. The Bertz CT molecular complexity index is 458. The number of morpholine rings is 1. The lowest BCUT2D eigenvalue weighted by molar-refractivity contribution is -0.384. The van der Waals surface area contributed by atoms with Gasteiger partial charge in [0, 0.05) is 6.54 Å². The van der Waals surface area contributed by atoms with Gasteiger partial charge >= 0.3 is 5.69 Å². The van der Waals surface area contributed by atoms with Crippen LogP contribution in [0.25, 0.3) is 0 Å². The van der Waals surface area contributed by atoms with Crippen molar-refractivity contribution in [3.63, 3.8) is 0 Å². The first-order valence-corrected chi connectivity index (χ1v) is 5.63. The summed E-state index contributed by atoms with van der Waals surface area (Å²) in [7, 11) is 0. The Morgan fingerprint density at radius 1 is 1.72 bits per heavy atom. The molecule has 1 fully saturated rings. The van der Waals surface area contributed by atoms with E-state index >= 15 is 0 Å². The summed E-state index contributed by atoms with van der Waals surface area (Å²) in [5.41, 5.74) is -0.236. The number of anilines is 1. The number of aromatic nitrogens is 2. The van der Waals surface area contributed by atoms with E-state index in [1.54, 1.807) is 4.90 Å². The van der Waals surface area contributed by atoms with Crippen molar-refractivity contribution in [1.29, 1.82) is 0 Å². The molecule has 2 heterocycles. The number of hydrogen-bond donors (Lipinski definition) is 1. The molecule has 1 aliphatic rings. The molecule has 0 radical (unpaired) electrons. The quantitative estimate of drug-likeness (QED) is 0.478. The number of rotatable bonds is 3. The Morgan fingerprint density at radius 2 is 2.50 bits per heavy atom. The standard InChI is InChI=1S/C9H11ClN4O4/c10-9-11-3-7(14(16)17)8(12-9)13-1-2-18-5-6(13)4-15/h3,6,15H,1-2,4-5H2. The van der Waals surface area contributed by atoms with Crippen molar-refractivity contribution in [2.24, 2.45) is 0 Å². The average molecular weight is 275 g/mol. The molecular formula is C9H11ClN4O4. The van der Waals surface area contributed by atoms with Crippen molar-refractivity contribution in [2.75, 3.05) is 31.3 Å².